The van der Waals surface area contributed by atoms with E-state index in [0.29, 0.717) is 12.1 Å². The standard InChI is InChI=1S/C18H22N2O3S2/c1-12(2)8-20(9-17(21)22)18(23)14-4-6-16(7-5-14)25-11-15-10-24-13(3)19-15/h4-7,10,12H,8-9,11H2,1-3H3,(H,21,22). The van der Waals surface area contributed by atoms with Crippen molar-refractivity contribution < 1.29 is 14.7 Å². The highest BCUT2D eigenvalue weighted by Gasteiger charge is 2.19. The highest BCUT2D eigenvalue weighted by molar-refractivity contribution is 7.98. The first-order chi connectivity index (χ1) is 11.8. The number of nitrogens with zero attached hydrogens (tertiary/aromatic N) is 2. The van der Waals surface area contributed by atoms with Gasteiger partial charge in [-0.2, -0.15) is 0 Å². The number of carbonyl (C=O) groups excluding carboxylic acids is 1. The number of carbonyl (C=O) groups is 2. The summed E-state index contributed by atoms with van der Waals surface area (Å²) in [6.45, 7) is 6.05. The molecule has 7 heteroatoms. The molecular weight excluding hydrogens is 356 g/mol. The highest BCUT2D eigenvalue weighted by atomic mass is 32.2. The molecule has 0 aliphatic heterocycles. The van der Waals surface area contributed by atoms with Crippen molar-refractivity contribution in [1.29, 1.82) is 0 Å². The smallest absolute Gasteiger partial charge is 0.323 e. The van der Waals surface area contributed by atoms with E-state index >= 15 is 0 Å². The van der Waals surface area contributed by atoms with E-state index in [0.717, 1.165) is 21.3 Å². The SMILES string of the molecule is Cc1nc(CSc2ccc(C(=O)N(CC(=O)O)CC(C)C)cc2)cs1. The summed E-state index contributed by atoms with van der Waals surface area (Å²) in [4.78, 5) is 30.4. The fraction of sp³-hybridized carbons (Fsp3) is 0.389. The molecule has 0 radical (unpaired) electrons. The number of amides is 1. The van der Waals surface area contributed by atoms with E-state index in [9.17, 15) is 9.59 Å². The lowest BCUT2D eigenvalue weighted by Crippen LogP contribution is -2.38. The number of aromatic nitrogens is 1. The normalized spacial score (nSPS) is 10.9. The average molecular weight is 379 g/mol. The molecule has 2 aromatic rings. The van der Waals surface area contributed by atoms with Gasteiger partial charge in [-0.25, -0.2) is 4.98 Å². The Bertz CT molecular complexity index is 726. The largest absolute Gasteiger partial charge is 0.480 e. The molecule has 0 bridgehead atoms. The molecule has 0 spiro atoms. The van der Waals surface area contributed by atoms with Crippen LogP contribution in [-0.4, -0.2) is 40.0 Å². The lowest BCUT2D eigenvalue weighted by molar-refractivity contribution is -0.137. The first kappa shape index (κ1) is 19.5. The van der Waals surface area contributed by atoms with Crippen LogP contribution in [0, 0.1) is 12.8 Å². The van der Waals surface area contributed by atoms with Crippen molar-refractivity contribution in [3.63, 3.8) is 0 Å². The van der Waals surface area contributed by atoms with E-state index in [2.05, 4.69) is 10.4 Å². The van der Waals surface area contributed by atoms with Gasteiger partial charge < -0.3 is 10.0 Å². The molecular formula is C18H22N2O3S2. The molecule has 1 amide bonds. The second-order valence-corrected chi connectivity index (χ2v) is 8.26. The molecule has 0 aliphatic rings. The van der Waals surface area contributed by atoms with Crippen molar-refractivity contribution in [2.24, 2.45) is 5.92 Å². The molecule has 1 aromatic heterocycles. The predicted octanol–water partition coefficient (Wildman–Crippen LogP) is 3.93. The van der Waals surface area contributed by atoms with Crippen molar-refractivity contribution in [2.45, 2.75) is 31.4 Å². The number of thiazole rings is 1. The number of aliphatic carboxylic acids is 1. The highest BCUT2D eigenvalue weighted by Crippen LogP contribution is 2.24. The molecule has 1 heterocycles. The lowest BCUT2D eigenvalue weighted by atomic mass is 10.1. The maximum absolute atomic E-state index is 12.6. The van der Waals surface area contributed by atoms with Crippen molar-refractivity contribution in [2.75, 3.05) is 13.1 Å². The van der Waals surface area contributed by atoms with Crippen LogP contribution in [0.25, 0.3) is 0 Å². The quantitative estimate of drug-likeness (QED) is 0.705. The zero-order chi connectivity index (χ0) is 18.4. The average Bonchev–Trinajstić information content (AvgIpc) is 2.97. The Hall–Kier alpha value is -1.86. The third-order valence-corrected chi connectivity index (χ3v) is 5.22. The molecule has 0 aliphatic carbocycles. The fourth-order valence-corrected chi connectivity index (χ4v) is 3.84. The lowest BCUT2D eigenvalue weighted by Gasteiger charge is -2.22. The number of hydrogen-bond acceptors (Lipinski definition) is 5. The maximum atomic E-state index is 12.6. The number of hydrogen-bond donors (Lipinski definition) is 1. The van der Waals surface area contributed by atoms with Gasteiger partial charge in [0.05, 0.1) is 10.7 Å². The van der Waals surface area contributed by atoms with Gasteiger partial charge in [0.25, 0.3) is 5.91 Å². The van der Waals surface area contributed by atoms with Crippen molar-refractivity contribution in [1.82, 2.24) is 9.88 Å². The fourth-order valence-electron chi connectivity index (χ4n) is 2.33. The molecule has 0 saturated carbocycles. The van der Waals surface area contributed by atoms with Gasteiger partial charge in [-0.1, -0.05) is 13.8 Å². The number of carboxylic acids is 1. The summed E-state index contributed by atoms with van der Waals surface area (Å²) in [5, 5.41) is 12.1. The van der Waals surface area contributed by atoms with Crippen molar-refractivity contribution in [3.05, 3.63) is 45.9 Å². The van der Waals surface area contributed by atoms with E-state index in [-0.39, 0.29) is 18.4 Å². The van der Waals surface area contributed by atoms with Crippen LogP contribution in [-0.2, 0) is 10.5 Å². The van der Waals surface area contributed by atoms with Crippen LogP contribution in [0.2, 0.25) is 0 Å². The van der Waals surface area contributed by atoms with Gasteiger partial charge in [0, 0.05) is 28.1 Å². The van der Waals surface area contributed by atoms with Crippen LogP contribution in [0.1, 0.15) is 34.9 Å². The molecule has 5 nitrogen and oxygen atoms in total. The summed E-state index contributed by atoms with van der Waals surface area (Å²) in [5.41, 5.74) is 1.56. The second kappa shape index (κ2) is 9.01. The summed E-state index contributed by atoms with van der Waals surface area (Å²) in [5.74, 6) is -0.252. The molecule has 25 heavy (non-hydrogen) atoms. The summed E-state index contributed by atoms with van der Waals surface area (Å²) in [6.07, 6.45) is 0. The Labute approximate surface area is 156 Å². The van der Waals surface area contributed by atoms with E-state index < -0.39 is 5.97 Å². The molecule has 2 rings (SSSR count). The van der Waals surface area contributed by atoms with Gasteiger partial charge in [-0.05, 0) is 37.1 Å². The Balaban J connectivity index is 2.01. The monoisotopic (exact) mass is 378 g/mol. The van der Waals surface area contributed by atoms with Gasteiger partial charge in [-0.15, -0.1) is 23.1 Å². The minimum absolute atomic E-state index is 0.208. The van der Waals surface area contributed by atoms with Gasteiger partial charge in [0.15, 0.2) is 0 Å². The number of carboxylic acid groups (broad SMARTS) is 1. The minimum Gasteiger partial charge on any atom is -0.480 e. The molecule has 134 valence electrons. The Morgan fingerprint density at radius 1 is 1.28 bits per heavy atom. The second-order valence-electron chi connectivity index (χ2n) is 6.14. The topological polar surface area (TPSA) is 70.5 Å². The van der Waals surface area contributed by atoms with Crippen LogP contribution in [0.3, 0.4) is 0 Å². The summed E-state index contributed by atoms with van der Waals surface area (Å²) >= 11 is 3.30. The van der Waals surface area contributed by atoms with Crippen LogP contribution in [0.4, 0.5) is 0 Å². The van der Waals surface area contributed by atoms with E-state index in [1.165, 1.54) is 4.90 Å². The summed E-state index contributed by atoms with van der Waals surface area (Å²) in [6, 6.07) is 7.30. The summed E-state index contributed by atoms with van der Waals surface area (Å²) < 4.78 is 0. The van der Waals surface area contributed by atoms with E-state index in [1.807, 2.05) is 32.9 Å². The number of aryl methyl sites for hydroxylation is 1. The molecule has 1 N–H and O–H groups in total. The molecule has 1 aromatic carbocycles. The first-order valence-electron chi connectivity index (χ1n) is 8.00. The zero-order valence-corrected chi connectivity index (χ0v) is 16.2. The van der Waals surface area contributed by atoms with Crippen molar-refractivity contribution >= 4 is 35.0 Å². The Kier molecular flexibility index (Phi) is 7.01. The minimum atomic E-state index is -1.00. The third kappa shape index (κ3) is 6.17. The molecule has 0 atom stereocenters. The first-order valence-corrected chi connectivity index (χ1v) is 9.86. The zero-order valence-electron chi connectivity index (χ0n) is 14.6. The summed E-state index contributed by atoms with van der Waals surface area (Å²) in [7, 11) is 0. The number of benzene rings is 1. The molecule has 0 saturated heterocycles. The third-order valence-electron chi connectivity index (χ3n) is 3.35. The van der Waals surface area contributed by atoms with Crippen LogP contribution < -0.4 is 0 Å². The van der Waals surface area contributed by atoms with E-state index in [4.69, 9.17) is 5.11 Å². The predicted molar refractivity (Wildman–Crippen MR) is 101 cm³/mol. The van der Waals surface area contributed by atoms with Crippen molar-refractivity contribution in [3.8, 4) is 0 Å². The van der Waals surface area contributed by atoms with Crippen LogP contribution in [0.5, 0.6) is 0 Å². The van der Waals surface area contributed by atoms with Gasteiger partial charge in [0.2, 0.25) is 0 Å². The van der Waals surface area contributed by atoms with Gasteiger partial charge >= 0.3 is 5.97 Å². The van der Waals surface area contributed by atoms with E-state index in [1.54, 1.807) is 35.2 Å². The van der Waals surface area contributed by atoms with Gasteiger partial charge in [-0.3, -0.25) is 9.59 Å². The Morgan fingerprint density at radius 3 is 2.48 bits per heavy atom. The Morgan fingerprint density at radius 2 is 1.96 bits per heavy atom. The molecule has 0 fully saturated rings. The van der Waals surface area contributed by atoms with Crippen LogP contribution >= 0.6 is 23.1 Å². The number of thioether (sulfide) groups is 1. The maximum Gasteiger partial charge on any atom is 0.323 e. The van der Waals surface area contributed by atoms with Gasteiger partial charge in [0.1, 0.15) is 6.54 Å². The van der Waals surface area contributed by atoms with Crippen LogP contribution in [0.15, 0.2) is 34.5 Å². The number of rotatable bonds is 8. The molecule has 0 unspecified atom stereocenters.